The molecule has 1 heterocycles. The van der Waals surface area contributed by atoms with Gasteiger partial charge in [0.15, 0.2) is 11.7 Å². The molecule has 0 saturated carbocycles. The zero-order chi connectivity index (χ0) is 25.8. The number of nitrogens with zero attached hydrogens (tertiary/aromatic N) is 2. The normalized spacial score (nSPS) is 16.6. The van der Waals surface area contributed by atoms with Gasteiger partial charge in [0.2, 0.25) is 0 Å². The molecule has 4 aliphatic carbocycles. The van der Waals surface area contributed by atoms with Gasteiger partial charge in [0.1, 0.15) is 0 Å². The third-order valence-corrected chi connectivity index (χ3v) is 5.97. The second kappa shape index (κ2) is 16.4. The minimum absolute atomic E-state index is 0. The molecule has 4 nitrogen and oxygen atoms in total. The van der Waals surface area contributed by atoms with Gasteiger partial charge in [-0.1, -0.05) is 134 Å². The van der Waals surface area contributed by atoms with Crippen LogP contribution in [0.15, 0.2) is 144 Å². The quantitative estimate of drug-likeness (QED) is 0.376. The molecule has 0 spiro atoms. The fourth-order valence-electron chi connectivity index (χ4n) is 3.94. The second-order valence-electron chi connectivity index (χ2n) is 8.57. The Hall–Kier alpha value is -3.66. The molecule has 5 aliphatic rings. The van der Waals surface area contributed by atoms with Crippen molar-refractivity contribution in [1.29, 1.82) is 0 Å². The van der Waals surface area contributed by atoms with Crippen LogP contribution < -0.4 is 10.9 Å². The predicted octanol–water partition coefficient (Wildman–Crippen LogP) is 6.85. The van der Waals surface area contributed by atoms with Crippen LogP contribution in [0.4, 0.5) is 0 Å². The van der Waals surface area contributed by atoms with Crippen LogP contribution in [0.3, 0.4) is 0 Å². The summed E-state index contributed by atoms with van der Waals surface area (Å²) in [5.41, 5.74) is 12.9. The molecule has 4 radical (unpaired) electrons. The van der Waals surface area contributed by atoms with Gasteiger partial charge in [0.05, 0.1) is 0 Å². The SMILES string of the molecule is [CH]1C=CC(c2ccc(C3=NNC(c4ccc(C5=C[CH]C=C5)cc4)=NN3)cc2)=C1.[CH]1C=CC=C1.[CH]1C=CC=C1.[Fe].[Fe]. The maximum Gasteiger partial charge on any atom is 0.173 e. The largest absolute Gasteiger partial charge is 0.257 e. The predicted molar refractivity (Wildman–Crippen MR) is 160 cm³/mol. The van der Waals surface area contributed by atoms with Crippen molar-refractivity contribution in [2.45, 2.75) is 0 Å². The van der Waals surface area contributed by atoms with Crippen molar-refractivity contribution >= 4 is 22.8 Å². The fourth-order valence-corrected chi connectivity index (χ4v) is 3.94. The second-order valence-corrected chi connectivity index (χ2v) is 8.57. The van der Waals surface area contributed by atoms with Crippen LogP contribution in [0.25, 0.3) is 11.1 Å². The number of hydrazone groups is 2. The number of allylic oxidation sites excluding steroid dienone is 16. The van der Waals surface area contributed by atoms with E-state index in [9.17, 15) is 0 Å². The molecule has 1 aliphatic heterocycles. The van der Waals surface area contributed by atoms with Crippen LogP contribution >= 0.6 is 0 Å². The molecule has 0 fully saturated rings. The Kier molecular flexibility index (Phi) is 12.7. The standard InChI is InChI=1S/C24H18N4.2C5H5.2Fe/c1-2-6-17(5-1)19-9-13-21(14-10-19)23-25-27-24(28-26-23)22-15-11-20(12-16-22)18-7-3-4-8-18;2*1-2-4-5-3-1;;/h1-16H,(H,25,26)(H,27,28);2*1-5H;;. The zero-order valence-corrected chi connectivity index (χ0v) is 23.8. The molecule has 0 aromatic heterocycles. The molecule has 2 aromatic carbocycles. The molecule has 7 rings (SSSR count). The van der Waals surface area contributed by atoms with Crippen LogP contribution in [0.1, 0.15) is 22.3 Å². The van der Waals surface area contributed by atoms with E-state index in [4.69, 9.17) is 0 Å². The number of nitrogens with one attached hydrogen (secondary N) is 2. The van der Waals surface area contributed by atoms with Gasteiger partial charge in [-0.25, -0.2) is 0 Å². The number of rotatable bonds is 4. The van der Waals surface area contributed by atoms with Crippen molar-refractivity contribution in [1.82, 2.24) is 10.9 Å². The van der Waals surface area contributed by atoms with E-state index in [2.05, 4.69) is 69.6 Å². The van der Waals surface area contributed by atoms with Gasteiger partial charge in [-0.3, -0.25) is 10.9 Å². The van der Waals surface area contributed by atoms with Crippen molar-refractivity contribution in [3.63, 3.8) is 0 Å². The minimum atomic E-state index is 0. The average molecular weight is 604 g/mol. The fraction of sp³-hybridized carbons (Fsp3) is 0. The molecule has 0 unspecified atom stereocenters. The van der Waals surface area contributed by atoms with Crippen LogP contribution in [0.2, 0.25) is 0 Å². The van der Waals surface area contributed by atoms with Gasteiger partial charge >= 0.3 is 0 Å². The first-order chi connectivity index (χ1) is 18.9. The summed E-state index contributed by atoms with van der Waals surface area (Å²) in [6, 6.07) is 16.6. The topological polar surface area (TPSA) is 48.8 Å². The van der Waals surface area contributed by atoms with Crippen molar-refractivity contribution in [3.8, 4) is 0 Å². The van der Waals surface area contributed by atoms with Crippen molar-refractivity contribution in [2.24, 2.45) is 10.2 Å². The third kappa shape index (κ3) is 8.67. The first-order valence-electron chi connectivity index (χ1n) is 12.5. The smallest absolute Gasteiger partial charge is 0.173 e. The molecule has 6 heteroatoms. The van der Waals surface area contributed by atoms with Gasteiger partial charge in [-0.05, 0) is 22.3 Å². The summed E-state index contributed by atoms with van der Waals surface area (Å²) in [5.74, 6) is 1.40. The summed E-state index contributed by atoms with van der Waals surface area (Å²) in [7, 11) is 0. The monoisotopic (exact) mass is 604 g/mol. The molecule has 2 N–H and O–H groups in total. The van der Waals surface area contributed by atoms with Crippen LogP contribution in [0.5, 0.6) is 0 Å². The van der Waals surface area contributed by atoms with Crippen LogP contribution in [-0.4, -0.2) is 11.7 Å². The Morgan fingerprint density at radius 3 is 0.975 bits per heavy atom. The molecule has 200 valence electrons. The maximum atomic E-state index is 4.45. The molecule has 0 amide bonds. The van der Waals surface area contributed by atoms with E-state index in [0.717, 1.165) is 11.1 Å². The average Bonchev–Trinajstić information content (AvgIpc) is 3.83. The number of hydrogen-bond acceptors (Lipinski definition) is 4. The van der Waals surface area contributed by atoms with Gasteiger partial charge in [0.25, 0.3) is 0 Å². The van der Waals surface area contributed by atoms with Gasteiger partial charge in [0, 0.05) is 70.9 Å². The molecule has 0 saturated heterocycles. The van der Waals surface area contributed by atoms with Crippen LogP contribution in [0, 0.1) is 25.7 Å². The zero-order valence-electron chi connectivity index (χ0n) is 21.6. The number of hydrogen-bond donors (Lipinski definition) is 2. The first kappa shape index (κ1) is 30.9. The molecule has 0 bridgehead atoms. The number of benzene rings is 2. The summed E-state index contributed by atoms with van der Waals surface area (Å²) < 4.78 is 0. The Bertz CT molecular complexity index is 1300. The van der Waals surface area contributed by atoms with Crippen molar-refractivity contribution < 1.29 is 34.1 Å². The third-order valence-electron chi connectivity index (χ3n) is 5.97. The molecular weight excluding hydrogens is 576 g/mol. The van der Waals surface area contributed by atoms with Crippen LogP contribution in [-0.2, 0) is 34.1 Å². The van der Waals surface area contributed by atoms with Gasteiger partial charge in [-0.2, -0.15) is 10.2 Å². The molecule has 2 aromatic rings. The van der Waals surface area contributed by atoms with E-state index in [0.29, 0.717) is 11.7 Å². The van der Waals surface area contributed by atoms with E-state index in [1.54, 1.807) is 0 Å². The van der Waals surface area contributed by atoms with E-state index >= 15 is 0 Å². The number of amidine groups is 2. The summed E-state index contributed by atoms with van der Waals surface area (Å²) in [6.45, 7) is 0. The maximum absolute atomic E-state index is 4.45. The van der Waals surface area contributed by atoms with E-state index in [1.165, 1.54) is 22.3 Å². The summed E-state index contributed by atoms with van der Waals surface area (Å²) in [4.78, 5) is 0. The van der Waals surface area contributed by atoms with Crippen molar-refractivity contribution in [2.75, 3.05) is 0 Å². The minimum Gasteiger partial charge on any atom is -0.257 e. The summed E-state index contributed by atoms with van der Waals surface area (Å²) >= 11 is 0. The Balaban J connectivity index is 0.000000310. The summed E-state index contributed by atoms with van der Waals surface area (Å²) in [5, 5.41) is 8.89. The van der Waals surface area contributed by atoms with E-state index < -0.39 is 0 Å². The Morgan fingerprint density at radius 1 is 0.375 bits per heavy atom. The Labute approximate surface area is 258 Å². The molecule has 40 heavy (non-hydrogen) atoms. The van der Waals surface area contributed by atoms with Crippen molar-refractivity contribution in [3.05, 3.63) is 182 Å². The van der Waals surface area contributed by atoms with E-state index in [-0.39, 0.29) is 34.1 Å². The Morgan fingerprint density at radius 2 is 0.725 bits per heavy atom. The molecular formula is C34H28Fe2N4. The molecule has 0 atom stereocenters. The van der Waals surface area contributed by atoms with Gasteiger partial charge in [-0.15, -0.1) is 0 Å². The summed E-state index contributed by atoms with van der Waals surface area (Å²) in [6.07, 6.45) is 36.6. The van der Waals surface area contributed by atoms with Gasteiger partial charge < -0.3 is 0 Å². The van der Waals surface area contributed by atoms with E-state index in [1.807, 2.05) is 111 Å². The first-order valence-corrected chi connectivity index (χ1v) is 12.5.